The molecule has 1 unspecified atom stereocenters. The smallest absolute Gasteiger partial charge is 0.335 e. The molecule has 0 radical (unpaired) electrons. The number of hydrogen-bond acceptors (Lipinski definition) is 7. The van der Waals surface area contributed by atoms with Gasteiger partial charge < -0.3 is 19.6 Å². The second-order valence-electron chi connectivity index (χ2n) is 8.82. The van der Waals surface area contributed by atoms with E-state index in [-0.39, 0.29) is 5.92 Å². The number of anilines is 1. The Labute approximate surface area is 216 Å². The third kappa shape index (κ3) is 6.79. The van der Waals surface area contributed by atoms with Crippen LogP contribution in [0.4, 0.5) is 5.69 Å². The van der Waals surface area contributed by atoms with Crippen LogP contribution in [0.3, 0.4) is 0 Å². The van der Waals surface area contributed by atoms with Gasteiger partial charge >= 0.3 is 5.97 Å². The Bertz CT molecular complexity index is 1250. The van der Waals surface area contributed by atoms with Crippen molar-refractivity contribution in [3.63, 3.8) is 0 Å². The number of hydrogen-bond donors (Lipinski definition) is 2. The summed E-state index contributed by atoms with van der Waals surface area (Å²) in [5.74, 6) is -0.177. The first-order valence-corrected chi connectivity index (χ1v) is 12.2. The first kappa shape index (κ1) is 25.6. The van der Waals surface area contributed by atoms with E-state index in [9.17, 15) is 9.59 Å². The maximum atomic E-state index is 13.2. The molecule has 4 rings (SSSR count). The summed E-state index contributed by atoms with van der Waals surface area (Å²) < 4.78 is 11.5. The van der Waals surface area contributed by atoms with Gasteiger partial charge in [-0.3, -0.25) is 4.79 Å². The molecule has 1 atom stereocenters. The minimum Gasteiger partial charge on any atom is -0.493 e. The summed E-state index contributed by atoms with van der Waals surface area (Å²) in [5.41, 5.74) is 5.02. The Kier molecular flexibility index (Phi) is 8.61. The Morgan fingerprint density at radius 2 is 1.73 bits per heavy atom. The van der Waals surface area contributed by atoms with E-state index in [2.05, 4.69) is 16.9 Å². The average molecular weight is 500 g/mol. The molecule has 3 aromatic rings. The molecule has 8 heteroatoms. The highest BCUT2D eigenvalue weighted by molar-refractivity contribution is 5.87. The number of rotatable bonds is 9. The molecule has 1 aliphatic carbocycles. The molecule has 0 spiro atoms. The molecule has 37 heavy (non-hydrogen) atoms. The maximum absolute atomic E-state index is 13.2. The minimum absolute atomic E-state index is 0.189. The van der Waals surface area contributed by atoms with Crippen LogP contribution in [-0.2, 0) is 21.0 Å². The van der Waals surface area contributed by atoms with Crippen LogP contribution in [-0.4, -0.2) is 19.0 Å². The van der Waals surface area contributed by atoms with Crippen molar-refractivity contribution in [1.82, 2.24) is 5.48 Å². The van der Waals surface area contributed by atoms with Gasteiger partial charge in [0.25, 0.3) is 5.91 Å². The van der Waals surface area contributed by atoms with E-state index in [1.165, 1.54) is 7.11 Å². The minimum atomic E-state index is -0.915. The second-order valence-corrected chi connectivity index (χ2v) is 8.82. The van der Waals surface area contributed by atoms with Crippen LogP contribution in [0.25, 0.3) is 0 Å². The van der Waals surface area contributed by atoms with Gasteiger partial charge in [-0.25, -0.2) is 4.79 Å². The fraction of sp³-hybridized carbons (Fsp3) is 0.276. The molecule has 0 saturated heterocycles. The number of benzene rings is 3. The summed E-state index contributed by atoms with van der Waals surface area (Å²) in [6.07, 6.45) is 3.50. The topological polar surface area (TPSA) is 110 Å². The van der Waals surface area contributed by atoms with E-state index in [0.717, 1.165) is 31.2 Å². The normalized spacial score (nSPS) is 13.7. The molecule has 0 aromatic heterocycles. The van der Waals surface area contributed by atoms with E-state index >= 15 is 0 Å². The van der Waals surface area contributed by atoms with Gasteiger partial charge in [-0.1, -0.05) is 49.2 Å². The molecule has 3 aromatic carbocycles. The van der Waals surface area contributed by atoms with Gasteiger partial charge in [-0.05, 0) is 60.4 Å². The van der Waals surface area contributed by atoms with Crippen molar-refractivity contribution in [2.75, 3.05) is 12.4 Å². The van der Waals surface area contributed by atoms with Crippen molar-refractivity contribution >= 4 is 17.6 Å². The summed E-state index contributed by atoms with van der Waals surface area (Å²) >= 11 is 0. The van der Waals surface area contributed by atoms with Gasteiger partial charge in [0.1, 0.15) is 12.6 Å². The largest absolute Gasteiger partial charge is 0.493 e. The van der Waals surface area contributed by atoms with Crippen molar-refractivity contribution in [3.8, 4) is 17.6 Å². The predicted molar refractivity (Wildman–Crippen MR) is 137 cm³/mol. The van der Waals surface area contributed by atoms with Gasteiger partial charge in [0, 0.05) is 5.69 Å². The molecular weight excluding hydrogens is 470 g/mol. The zero-order chi connectivity index (χ0) is 26.0. The third-order valence-electron chi connectivity index (χ3n) is 6.29. The number of nitrogens with one attached hydrogen (secondary N) is 2. The monoisotopic (exact) mass is 499 g/mol. The lowest BCUT2D eigenvalue weighted by molar-refractivity contribution is -0.162. The lowest BCUT2D eigenvalue weighted by Gasteiger charge is -2.21. The van der Waals surface area contributed by atoms with Crippen LogP contribution in [0.15, 0.2) is 72.8 Å². The number of carbonyl (C=O) groups is 2. The Morgan fingerprint density at radius 3 is 2.41 bits per heavy atom. The zero-order valence-corrected chi connectivity index (χ0v) is 20.6. The van der Waals surface area contributed by atoms with Gasteiger partial charge in [0.15, 0.2) is 11.5 Å². The van der Waals surface area contributed by atoms with Crippen LogP contribution in [0.5, 0.6) is 11.5 Å². The maximum Gasteiger partial charge on any atom is 0.335 e. The van der Waals surface area contributed by atoms with E-state index in [1.807, 2.05) is 30.3 Å². The molecule has 1 saturated carbocycles. The summed E-state index contributed by atoms with van der Waals surface area (Å²) in [6.45, 7) is 0.362. The number of ether oxygens (including phenoxy) is 2. The average Bonchev–Trinajstić information content (AvgIpc) is 3.49. The lowest BCUT2D eigenvalue weighted by atomic mass is 10.0. The first-order valence-electron chi connectivity index (χ1n) is 12.2. The van der Waals surface area contributed by atoms with Crippen LogP contribution in [0.1, 0.15) is 48.4 Å². The molecule has 190 valence electrons. The van der Waals surface area contributed by atoms with Crippen molar-refractivity contribution in [2.24, 2.45) is 5.92 Å². The van der Waals surface area contributed by atoms with Crippen molar-refractivity contribution in [3.05, 3.63) is 89.5 Å². The van der Waals surface area contributed by atoms with E-state index in [1.54, 1.807) is 42.5 Å². The summed E-state index contributed by atoms with van der Waals surface area (Å²) in [7, 11) is 1.53. The molecule has 0 aliphatic heterocycles. The fourth-order valence-corrected chi connectivity index (χ4v) is 4.23. The van der Waals surface area contributed by atoms with Crippen molar-refractivity contribution < 1.29 is 23.9 Å². The highest BCUT2D eigenvalue weighted by Gasteiger charge is 2.28. The predicted octanol–water partition coefficient (Wildman–Crippen LogP) is 5.06. The van der Waals surface area contributed by atoms with E-state index in [4.69, 9.17) is 19.6 Å². The van der Waals surface area contributed by atoms with Crippen LogP contribution < -0.4 is 20.3 Å². The molecule has 0 bridgehead atoms. The van der Waals surface area contributed by atoms with Crippen molar-refractivity contribution in [2.45, 2.75) is 38.3 Å². The number of amides is 1. The number of carbonyl (C=O) groups excluding carboxylic acids is 2. The van der Waals surface area contributed by atoms with E-state index < -0.39 is 17.9 Å². The number of methoxy groups -OCH3 is 1. The SMILES string of the molecule is COc1cc(C(Nc2ccc(C#N)cc2)C(=O)NOC(=O)C2CCCC2)ccc1OCc1ccccc1. The Morgan fingerprint density at radius 1 is 1.00 bits per heavy atom. The van der Waals surface area contributed by atoms with E-state index in [0.29, 0.717) is 34.9 Å². The molecule has 8 nitrogen and oxygen atoms in total. The molecule has 1 amide bonds. The number of nitrogens with zero attached hydrogens (tertiary/aromatic N) is 1. The highest BCUT2D eigenvalue weighted by Crippen LogP contribution is 2.32. The Hall–Kier alpha value is -4.51. The zero-order valence-electron chi connectivity index (χ0n) is 20.6. The van der Waals surface area contributed by atoms with Gasteiger partial charge in [0.05, 0.1) is 24.7 Å². The van der Waals surface area contributed by atoms with Crippen LogP contribution in [0.2, 0.25) is 0 Å². The van der Waals surface area contributed by atoms with Gasteiger partial charge in [-0.15, -0.1) is 0 Å². The summed E-state index contributed by atoms with van der Waals surface area (Å²) in [5, 5.41) is 12.2. The molecule has 1 fully saturated rings. The molecule has 2 N–H and O–H groups in total. The number of nitriles is 1. The molecule has 1 aliphatic rings. The van der Waals surface area contributed by atoms with Gasteiger partial charge in [-0.2, -0.15) is 10.7 Å². The lowest BCUT2D eigenvalue weighted by Crippen LogP contribution is -2.36. The quantitative estimate of drug-likeness (QED) is 0.396. The van der Waals surface area contributed by atoms with Crippen molar-refractivity contribution in [1.29, 1.82) is 5.26 Å². The number of hydroxylamine groups is 1. The fourth-order valence-electron chi connectivity index (χ4n) is 4.23. The van der Waals surface area contributed by atoms with Gasteiger partial charge in [0.2, 0.25) is 0 Å². The highest BCUT2D eigenvalue weighted by atomic mass is 16.7. The summed E-state index contributed by atoms with van der Waals surface area (Å²) in [6, 6.07) is 22.8. The first-order chi connectivity index (χ1) is 18.1. The molecule has 0 heterocycles. The standard InChI is InChI=1S/C29H29N3O5/c1-35-26-17-23(13-16-25(26)36-19-21-7-3-2-4-8-21)27(31-24-14-11-20(18-30)12-15-24)28(33)32-37-29(34)22-9-5-6-10-22/h2-4,7-8,11-17,22,27,31H,5-6,9-10,19H2,1H3,(H,32,33). The molecular formula is C29H29N3O5. The Balaban J connectivity index is 1.53. The second kappa shape index (κ2) is 12.5. The third-order valence-corrected chi connectivity index (χ3v) is 6.29. The van der Waals surface area contributed by atoms with Crippen LogP contribution in [0, 0.1) is 17.2 Å². The summed E-state index contributed by atoms with van der Waals surface area (Å²) in [4.78, 5) is 30.7. The van der Waals surface area contributed by atoms with Crippen LogP contribution >= 0.6 is 0 Å².